The molecule has 2 aromatic carbocycles. The van der Waals surface area contributed by atoms with E-state index in [9.17, 15) is 9.18 Å². The van der Waals surface area contributed by atoms with Gasteiger partial charge in [0.2, 0.25) is 5.91 Å². The second kappa shape index (κ2) is 8.79. The molecule has 0 fully saturated rings. The number of hydrogen-bond donors (Lipinski definition) is 2. The maximum absolute atomic E-state index is 13.4. The Hall–Kier alpha value is -1.72. The molecule has 0 saturated carbocycles. The molecule has 0 unspecified atom stereocenters. The summed E-state index contributed by atoms with van der Waals surface area (Å²) < 4.78 is 14.4. The highest BCUT2D eigenvalue weighted by Crippen LogP contribution is 2.20. The summed E-state index contributed by atoms with van der Waals surface area (Å²) in [5, 5.41) is 6.06. The van der Waals surface area contributed by atoms with Gasteiger partial charge in [0.15, 0.2) is 0 Å². The summed E-state index contributed by atoms with van der Waals surface area (Å²) in [5.41, 5.74) is 2.53. The van der Waals surface area contributed by atoms with Gasteiger partial charge in [0.1, 0.15) is 5.82 Å². The lowest BCUT2D eigenvalue weighted by molar-refractivity contribution is -0.116. The lowest BCUT2D eigenvalue weighted by Gasteiger charge is -2.09. The van der Waals surface area contributed by atoms with Gasteiger partial charge in [-0.25, -0.2) is 4.39 Å². The highest BCUT2D eigenvalue weighted by Gasteiger charge is 2.05. The van der Waals surface area contributed by atoms with Gasteiger partial charge in [0, 0.05) is 23.1 Å². The van der Waals surface area contributed by atoms with E-state index in [1.165, 1.54) is 6.07 Å². The van der Waals surface area contributed by atoms with Gasteiger partial charge in [-0.3, -0.25) is 4.79 Å². The normalized spacial score (nSPS) is 10.6. The molecule has 2 aromatic rings. The number of anilines is 1. The molecule has 0 atom stereocenters. The average molecular weight is 379 g/mol. The van der Waals surface area contributed by atoms with E-state index in [0.717, 1.165) is 15.7 Å². The minimum absolute atomic E-state index is 0.0335. The molecule has 5 heteroatoms. The maximum atomic E-state index is 13.4. The van der Waals surface area contributed by atoms with E-state index in [-0.39, 0.29) is 11.7 Å². The fourth-order valence-corrected chi connectivity index (χ4v) is 2.71. The highest BCUT2D eigenvalue weighted by atomic mass is 79.9. The number of benzene rings is 2. The second-order valence-corrected chi connectivity index (χ2v) is 6.26. The van der Waals surface area contributed by atoms with E-state index in [0.29, 0.717) is 31.5 Å². The average Bonchev–Trinajstić information content (AvgIpc) is 2.51. The lowest BCUT2D eigenvalue weighted by atomic mass is 10.1. The summed E-state index contributed by atoms with van der Waals surface area (Å²) in [6, 6.07) is 12.5. The van der Waals surface area contributed by atoms with Crippen molar-refractivity contribution in [2.45, 2.75) is 19.8 Å². The molecule has 0 spiro atoms. The standard InChI is InChI=1S/C18H20BrFN2O/c1-13-12-15(19)6-7-17(13)22-18(23)9-11-21-10-8-14-4-2-3-5-16(14)20/h2-7,12,21H,8-11H2,1H3,(H,22,23). The zero-order valence-corrected chi connectivity index (χ0v) is 14.6. The summed E-state index contributed by atoms with van der Waals surface area (Å²) in [7, 11) is 0. The van der Waals surface area contributed by atoms with E-state index < -0.39 is 0 Å². The molecule has 0 radical (unpaired) electrons. The van der Waals surface area contributed by atoms with Gasteiger partial charge < -0.3 is 10.6 Å². The monoisotopic (exact) mass is 378 g/mol. The van der Waals surface area contributed by atoms with Crippen molar-refractivity contribution in [2.24, 2.45) is 0 Å². The zero-order chi connectivity index (χ0) is 16.7. The number of halogens is 2. The smallest absolute Gasteiger partial charge is 0.225 e. The summed E-state index contributed by atoms with van der Waals surface area (Å²) in [5.74, 6) is -0.216. The molecular weight excluding hydrogens is 359 g/mol. The van der Waals surface area contributed by atoms with Crippen molar-refractivity contribution in [1.29, 1.82) is 0 Å². The third-order valence-electron chi connectivity index (χ3n) is 3.52. The Bertz CT molecular complexity index is 676. The third kappa shape index (κ3) is 5.77. The SMILES string of the molecule is Cc1cc(Br)ccc1NC(=O)CCNCCc1ccccc1F. The number of aryl methyl sites for hydroxylation is 1. The van der Waals surface area contributed by atoms with E-state index in [4.69, 9.17) is 0 Å². The van der Waals surface area contributed by atoms with Crippen LogP contribution in [-0.4, -0.2) is 19.0 Å². The minimum atomic E-state index is -0.183. The Morgan fingerprint density at radius 3 is 2.70 bits per heavy atom. The Morgan fingerprint density at radius 1 is 1.17 bits per heavy atom. The van der Waals surface area contributed by atoms with E-state index >= 15 is 0 Å². The van der Waals surface area contributed by atoms with Crippen LogP contribution < -0.4 is 10.6 Å². The highest BCUT2D eigenvalue weighted by molar-refractivity contribution is 9.10. The molecule has 23 heavy (non-hydrogen) atoms. The van der Waals surface area contributed by atoms with Crippen molar-refractivity contribution in [1.82, 2.24) is 5.32 Å². The van der Waals surface area contributed by atoms with Crippen LogP contribution in [0.5, 0.6) is 0 Å². The van der Waals surface area contributed by atoms with Crippen molar-refractivity contribution in [3.8, 4) is 0 Å². The molecular formula is C18H20BrFN2O. The number of rotatable bonds is 7. The van der Waals surface area contributed by atoms with Crippen molar-refractivity contribution in [2.75, 3.05) is 18.4 Å². The Kier molecular flexibility index (Phi) is 6.74. The molecule has 0 aliphatic rings. The summed E-state index contributed by atoms with van der Waals surface area (Å²) in [4.78, 5) is 11.9. The Morgan fingerprint density at radius 2 is 1.96 bits per heavy atom. The van der Waals surface area contributed by atoms with Gasteiger partial charge in [0.25, 0.3) is 0 Å². The van der Waals surface area contributed by atoms with Crippen molar-refractivity contribution < 1.29 is 9.18 Å². The zero-order valence-electron chi connectivity index (χ0n) is 13.0. The first-order valence-corrected chi connectivity index (χ1v) is 8.35. The van der Waals surface area contributed by atoms with Crippen molar-refractivity contribution in [3.63, 3.8) is 0 Å². The Balaban J connectivity index is 1.68. The predicted octanol–water partition coefficient (Wildman–Crippen LogP) is 4.06. The number of carbonyl (C=O) groups is 1. The molecule has 0 aromatic heterocycles. The first-order valence-electron chi connectivity index (χ1n) is 7.56. The van der Waals surface area contributed by atoms with Crippen LogP contribution >= 0.6 is 15.9 Å². The van der Waals surface area contributed by atoms with Gasteiger partial charge in [-0.15, -0.1) is 0 Å². The minimum Gasteiger partial charge on any atom is -0.326 e. The summed E-state index contributed by atoms with van der Waals surface area (Å²) in [6.45, 7) is 3.16. The van der Waals surface area contributed by atoms with E-state index in [1.54, 1.807) is 12.1 Å². The van der Waals surface area contributed by atoms with Gasteiger partial charge in [-0.05, 0) is 55.3 Å². The van der Waals surface area contributed by atoms with Crippen LogP contribution in [0.25, 0.3) is 0 Å². The molecule has 0 aliphatic carbocycles. The third-order valence-corrected chi connectivity index (χ3v) is 4.01. The van der Waals surface area contributed by atoms with Crippen LogP contribution in [0.15, 0.2) is 46.9 Å². The molecule has 3 nitrogen and oxygen atoms in total. The number of amides is 1. The van der Waals surface area contributed by atoms with Crippen molar-refractivity contribution >= 4 is 27.5 Å². The second-order valence-electron chi connectivity index (χ2n) is 5.35. The quantitative estimate of drug-likeness (QED) is 0.713. The van der Waals surface area contributed by atoms with Crippen LogP contribution in [0.4, 0.5) is 10.1 Å². The summed E-state index contributed by atoms with van der Waals surface area (Å²) in [6.07, 6.45) is 0.993. The van der Waals surface area contributed by atoms with Crippen molar-refractivity contribution in [3.05, 3.63) is 63.9 Å². The molecule has 0 saturated heterocycles. The Labute approximate surface area is 144 Å². The van der Waals surface area contributed by atoms with Crippen LogP contribution in [0.3, 0.4) is 0 Å². The first kappa shape index (κ1) is 17.6. The van der Waals surface area contributed by atoms with E-state index in [2.05, 4.69) is 26.6 Å². The topological polar surface area (TPSA) is 41.1 Å². The fourth-order valence-electron chi connectivity index (χ4n) is 2.23. The molecule has 2 rings (SSSR count). The number of hydrogen-bond acceptors (Lipinski definition) is 2. The van der Waals surface area contributed by atoms with Gasteiger partial charge in [-0.1, -0.05) is 34.1 Å². The molecule has 122 valence electrons. The largest absolute Gasteiger partial charge is 0.326 e. The first-order chi connectivity index (χ1) is 11.1. The predicted molar refractivity (Wildman–Crippen MR) is 95.1 cm³/mol. The summed E-state index contributed by atoms with van der Waals surface area (Å²) >= 11 is 3.40. The van der Waals surface area contributed by atoms with Crippen LogP contribution in [0.1, 0.15) is 17.5 Å². The van der Waals surface area contributed by atoms with Gasteiger partial charge >= 0.3 is 0 Å². The molecule has 0 aliphatic heterocycles. The lowest BCUT2D eigenvalue weighted by Crippen LogP contribution is -2.24. The van der Waals surface area contributed by atoms with Crippen LogP contribution in [0, 0.1) is 12.7 Å². The molecule has 1 amide bonds. The number of carbonyl (C=O) groups excluding carboxylic acids is 1. The van der Waals surface area contributed by atoms with Crippen LogP contribution in [-0.2, 0) is 11.2 Å². The fraction of sp³-hybridized carbons (Fsp3) is 0.278. The maximum Gasteiger partial charge on any atom is 0.225 e. The van der Waals surface area contributed by atoms with Crippen LogP contribution in [0.2, 0.25) is 0 Å². The van der Waals surface area contributed by atoms with Gasteiger partial charge in [0.05, 0.1) is 0 Å². The molecule has 2 N–H and O–H groups in total. The molecule has 0 bridgehead atoms. The number of nitrogens with one attached hydrogen (secondary N) is 2. The van der Waals surface area contributed by atoms with Gasteiger partial charge in [-0.2, -0.15) is 0 Å². The molecule has 0 heterocycles. The van der Waals surface area contributed by atoms with E-state index in [1.807, 2.05) is 31.2 Å².